The van der Waals surface area contributed by atoms with Crippen molar-refractivity contribution in [2.45, 2.75) is 182 Å². The van der Waals surface area contributed by atoms with Gasteiger partial charge < -0.3 is 17.7 Å². The van der Waals surface area contributed by atoms with Crippen LogP contribution in [0.2, 0.25) is 0 Å². The summed E-state index contributed by atoms with van der Waals surface area (Å²) < 4.78 is 35.6. The van der Waals surface area contributed by atoms with Crippen LogP contribution in [0.15, 0.2) is 261 Å². The third-order valence-electron chi connectivity index (χ3n) is 32.5. The molecule has 20 aromatic rings. The van der Waals surface area contributed by atoms with Gasteiger partial charge in [-0.2, -0.15) is 0 Å². The molecule has 8 heterocycles. The number of hydrogen-bond acceptors (Lipinski definition) is 4. The predicted molar refractivity (Wildman–Crippen MR) is 515 cm³/mol. The number of nitrogens with zero attached hydrogens (tertiary/aromatic N) is 4. The molecule has 0 saturated carbocycles. The van der Waals surface area contributed by atoms with Crippen LogP contribution in [-0.4, -0.2) is 0 Å². The van der Waals surface area contributed by atoms with Gasteiger partial charge in [0.25, 0.3) is 0 Å². The molecule has 0 amide bonds. The van der Waals surface area contributed by atoms with Crippen LogP contribution < -0.4 is 18.3 Å². The Kier molecular flexibility index (Phi) is 16.8. The van der Waals surface area contributed by atoms with Crippen molar-refractivity contribution >= 4 is 131 Å². The fraction of sp³-hybridized carbons (Fsp3) is 0.276. The van der Waals surface area contributed by atoms with Crippen molar-refractivity contribution < 1.29 is 35.9 Å². The molecule has 0 unspecified atom stereocenters. The lowest BCUT2D eigenvalue weighted by Gasteiger charge is -2.47. The highest BCUT2D eigenvalue weighted by atomic mass is 16.3. The Bertz CT molecular complexity index is 8040. The number of aryl methyl sites for hydroxylation is 8. The number of hydrogen-bond donors (Lipinski definition) is 0. The van der Waals surface area contributed by atoms with E-state index in [4.69, 9.17) is 17.7 Å². The highest BCUT2D eigenvalue weighted by molar-refractivity contribution is 6.22. The smallest absolute Gasteiger partial charge is 0.216 e. The average molecular weight is 1630 g/mol. The topological polar surface area (TPSA) is 68.1 Å². The van der Waals surface area contributed by atoms with E-state index in [9.17, 15) is 0 Å². The first-order chi connectivity index (χ1) is 58.9. The van der Waals surface area contributed by atoms with Gasteiger partial charge in [-0.3, -0.25) is 0 Å². The molecule has 0 radical (unpaired) electrons. The van der Waals surface area contributed by atoms with Crippen molar-refractivity contribution in [2.75, 3.05) is 0 Å². The molecule has 0 atom stereocenters. The Balaban J connectivity index is 0.000000101. The number of furan rings is 4. The number of fused-ring (bicyclic) bond motifs is 34. The zero-order valence-corrected chi connectivity index (χ0v) is 76.5. The maximum Gasteiger partial charge on any atom is 0.216 e. The highest BCUT2D eigenvalue weighted by Gasteiger charge is 2.56. The van der Waals surface area contributed by atoms with E-state index < -0.39 is 0 Å². The zero-order valence-electron chi connectivity index (χ0n) is 76.5. The average Bonchev–Trinajstić information content (AvgIpc) is 1.26. The molecule has 0 N–H and O–H groups in total. The summed E-state index contributed by atoms with van der Waals surface area (Å²) in [5.74, 6) is 0. The lowest BCUT2D eigenvalue weighted by atomic mass is 9.55. The molecule has 4 aliphatic rings. The minimum atomic E-state index is -0.0996. The normalized spacial score (nSPS) is 16.6. The molecule has 124 heavy (non-hydrogen) atoms. The highest BCUT2D eigenvalue weighted by Crippen LogP contribution is 2.62. The molecule has 0 fully saturated rings. The third-order valence-corrected chi connectivity index (χ3v) is 32.5. The standard InChI is InChI=1S/4C29H28NO/c1-17-16-21-20-14-13-18-10-7-8-11-19(18)26(20)31-27(21)24-23(17)25-22(12-9-15-30(25)6)28(2,3)29(24,4)5;1-17-16-22-25(24-19-11-8-7-10-18(19)13-14-21(24)31-22)26-23(17)27-20(12-9-15-30(27)6)28(2,3)29(26,4)5;1-17-14-21-20-15-18-10-7-8-11-19(18)16-23(20)31-27(21)25-24(17)26-22(12-9-13-30(26)6)28(2,3)29(25,4)5;1-17-14-23-25(20-15-18-10-7-8-11-19(18)16-22(20)31-23)26-24(17)27-21(12-9-13-30(27)6)28(2,3)29(26,4)5/h4*7-16H,1-6H3/q4*+1. The summed E-state index contributed by atoms with van der Waals surface area (Å²) in [5, 5.41) is 19.7. The molecule has 24 rings (SSSR count). The van der Waals surface area contributed by atoms with Gasteiger partial charge in [0.05, 0.1) is 22.3 Å². The Hall–Kier alpha value is -12.5. The molecule has 616 valence electrons. The minimum Gasteiger partial charge on any atom is -0.456 e. The van der Waals surface area contributed by atoms with Crippen LogP contribution in [-0.2, 0) is 71.5 Å². The van der Waals surface area contributed by atoms with Crippen molar-refractivity contribution in [3.05, 3.63) is 310 Å². The SMILES string of the molecule is Cc1cc2c(oc3c4ccccc4ccc23)c2c1-c1c(ccc[n+]1C)C(C)(C)C2(C)C.Cc1cc2c(oc3cc4ccccc4cc32)c2c1-c1c(ccc[n+]1C)C(C)(C)C2(C)C.Cc1cc2oc3cc4ccccc4cc3c2c2c1-c1c(ccc[n+]1C)C(C)(C)C2(C)C.Cc1cc2oc3ccc4ccccc4c3c2c2c1-c1c(ccc[n+]1C)C(C)(C)C2(C)C. The van der Waals surface area contributed by atoms with Gasteiger partial charge in [0.1, 0.15) is 72.9 Å². The van der Waals surface area contributed by atoms with Crippen LogP contribution in [0, 0.1) is 27.7 Å². The van der Waals surface area contributed by atoms with E-state index in [1.54, 1.807) is 0 Å². The van der Waals surface area contributed by atoms with Crippen molar-refractivity contribution in [3.63, 3.8) is 0 Å². The largest absolute Gasteiger partial charge is 0.456 e. The van der Waals surface area contributed by atoms with Gasteiger partial charge in [-0.15, -0.1) is 0 Å². The quantitative estimate of drug-likeness (QED) is 0.142. The summed E-state index contributed by atoms with van der Waals surface area (Å²) in [5.41, 5.74) is 34.4. The Labute approximate surface area is 727 Å². The minimum absolute atomic E-state index is 0.0322. The van der Waals surface area contributed by atoms with Gasteiger partial charge in [-0.1, -0.05) is 220 Å². The van der Waals surface area contributed by atoms with Crippen LogP contribution in [0.1, 0.15) is 178 Å². The lowest BCUT2D eigenvalue weighted by molar-refractivity contribution is -0.661. The molecule has 8 heteroatoms. The van der Waals surface area contributed by atoms with Crippen LogP contribution >= 0.6 is 0 Å². The van der Waals surface area contributed by atoms with E-state index in [0.717, 1.165) is 44.7 Å². The molecule has 0 spiro atoms. The van der Waals surface area contributed by atoms with Gasteiger partial charge in [-0.05, 0) is 184 Å². The maximum atomic E-state index is 6.79. The van der Waals surface area contributed by atoms with Crippen LogP contribution in [0.25, 0.3) is 176 Å². The van der Waals surface area contributed by atoms with Gasteiger partial charge >= 0.3 is 0 Å². The third kappa shape index (κ3) is 10.5. The van der Waals surface area contributed by atoms with Gasteiger partial charge in [-0.25, -0.2) is 18.3 Å². The zero-order chi connectivity index (χ0) is 86.8. The fourth-order valence-corrected chi connectivity index (χ4v) is 23.1. The summed E-state index contributed by atoms with van der Waals surface area (Å²) in [6, 6.07) is 79.1. The Morgan fingerprint density at radius 2 is 0.540 bits per heavy atom. The first-order valence-corrected chi connectivity index (χ1v) is 44.4. The van der Waals surface area contributed by atoms with Crippen molar-refractivity contribution in [2.24, 2.45) is 28.2 Å². The molecule has 0 saturated heterocycles. The van der Waals surface area contributed by atoms with Crippen molar-refractivity contribution in [1.29, 1.82) is 0 Å². The molecule has 8 nitrogen and oxygen atoms in total. The first-order valence-electron chi connectivity index (χ1n) is 44.4. The summed E-state index contributed by atoms with van der Waals surface area (Å²) >= 11 is 0. The fourth-order valence-electron chi connectivity index (χ4n) is 23.1. The van der Waals surface area contributed by atoms with E-state index in [-0.39, 0.29) is 43.3 Å². The molecule has 12 aromatic carbocycles. The van der Waals surface area contributed by atoms with Crippen LogP contribution in [0.3, 0.4) is 0 Å². The number of benzene rings is 12. The number of aromatic nitrogens is 4. The number of rotatable bonds is 0. The molecule has 0 bridgehead atoms. The molecule has 0 aliphatic heterocycles. The van der Waals surface area contributed by atoms with E-state index in [1.165, 1.54) is 198 Å². The molecular formula is C116H112N4O4+4. The summed E-state index contributed by atoms with van der Waals surface area (Å²) in [6.45, 7) is 47.2. The van der Waals surface area contributed by atoms with Crippen molar-refractivity contribution in [3.8, 4) is 45.0 Å². The van der Waals surface area contributed by atoms with Crippen LogP contribution in [0.4, 0.5) is 0 Å². The van der Waals surface area contributed by atoms with Crippen LogP contribution in [0.5, 0.6) is 0 Å². The lowest BCUT2D eigenvalue weighted by Crippen LogP contribution is -2.48. The second kappa shape index (κ2) is 26.5. The van der Waals surface area contributed by atoms with Crippen molar-refractivity contribution in [1.82, 2.24) is 0 Å². The molecule has 4 aliphatic carbocycles. The summed E-state index contributed by atoms with van der Waals surface area (Å²) in [4.78, 5) is 0. The summed E-state index contributed by atoms with van der Waals surface area (Å²) in [7, 11) is 8.66. The second-order valence-electron chi connectivity index (χ2n) is 40.9. The monoisotopic (exact) mass is 1620 g/mol. The number of pyridine rings is 4. The predicted octanol–water partition coefficient (Wildman–Crippen LogP) is 28.4. The molecular weight excluding hydrogens is 1510 g/mol. The summed E-state index contributed by atoms with van der Waals surface area (Å²) in [6.07, 6.45) is 8.66. The maximum absolute atomic E-state index is 6.79. The van der Waals surface area contributed by atoms with E-state index >= 15 is 0 Å². The van der Waals surface area contributed by atoms with Gasteiger partial charge in [0.15, 0.2) is 24.8 Å². The van der Waals surface area contributed by atoms with Gasteiger partial charge in [0, 0.05) is 149 Å². The Morgan fingerprint density at radius 3 is 1.00 bits per heavy atom. The van der Waals surface area contributed by atoms with E-state index in [1.807, 2.05) is 0 Å². The first kappa shape index (κ1) is 78.7. The van der Waals surface area contributed by atoms with E-state index in [0.29, 0.717) is 0 Å². The van der Waals surface area contributed by atoms with Gasteiger partial charge in [0.2, 0.25) is 22.8 Å². The van der Waals surface area contributed by atoms with E-state index in [2.05, 4.69) is 428 Å². The Morgan fingerprint density at radius 1 is 0.210 bits per heavy atom. The second-order valence-corrected chi connectivity index (χ2v) is 40.9. The molecule has 8 aromatic heterocycles.